The van der Waals surface area contributed by atoms with Crippen LogP contribution < -0.4 is 24.8 Å². The Morgan fingerprint density at radius 2 is 1.05 bits per heavy atom. The Labute approximate surface area is 163 Å². The van der Waals surface area contributed by atoms with Crippen molar-refractivity contribution in [3.05, 3.63) is 61.4 Å². The molecule has 0 aliphatic heterocycles. The molecular weight excluding hydrogens is 390 g/mol. The summed E-state index contributed by atoms with van der Waals surface area (Å²) < 4.78 is 3.34. The molecule has 120 valence electrons. The third-order valence-electron chi connectivity index (χ3n) is 4.47. The van der Waals surface area contributed by atoms with Crippen molar-refractivity contribution < 1.29 is 49.0 Å². The SMILES string of the molecule is C1=CC2[CH-]CCC2C=C1.C1=CC2[CH-]CCC2C=C1.[CH2]=[Zr+2].[Cl-].[Cl-]. The Bertz CT molecular complexity index is 338. The van der Waals surface area contributed by atoms with E-state index in [9.17, 15) is 0 Å². The van der Waals surface area contributed by atoms with Crippen LogP contribution in [0.5, 0.6) is 0 Å². The summed E-state index contributed by atoms with van der Waals surface area (Å²) in [5.41, 5.74) is 0. The zero-order valence-electron chi connectivity index (χ0n) is 12.9. The minimum atomic E-state index is 0. The smallest absolute Gasteiger partial charge is 1.00 e. The quantitative estimate of drug-likeness (QED) is 0.431. The van der Waals surface area contributed by atoms with Crippen LogP contribution in [0, 0.1) is 36.5 Å². The Kier molecular flexibility index (Phi) is 12.9. The van der Waals surface area contributed by atoms with Gasteiger partial charge in [0.1, 0.15) is 0 Å². The van der Waals surface area contributed by atoms with Crippen LogP contribution in [-0.2, 0) is 24.2 Å². The van der Waals surface area contributed by atoms with Crippen molar-refractivity contribution >= 4 is 4.21 Å². The number of halogens is 2. The second-order valence-electron chi connectivity index (χ2n) is 5.65. The van der Waals surface area contributed by atoms with Gasteiger partial charge in [0.05, 0.1) is 0 Å². The summed E-state index contributed by atoms with van der Waals surface area (Å²) in [6, 6.07) is 0. The minimum Gasteiger partial charge on any atom is -1.00 e. The summed E-state index contributed by atoms with van der Waals surface area (Å²) in [6.45, 7) is 0. The van der Waals surface area contributed by atoms with E-state index in [-0.39, 0.29) is 24.8 Å². The molecule has 4 unspecified atom stereocenters. The molecule has 2 saturated carbocycles. The van der Waals surface area contributed by atoms with E-state index >= 15 is 0 Å². The van der Waals surface area contributed by atoms with Crippen LogP contribution in [0.1, 0.15) is 25.7 Å². The summed E-state index contributed by atoms with van der Waals surface area (Å²) in [5.74, 6) is 3.23. The number of fused-ring (bicyclic) bond motifs is 2. The monoisotopic (exact) mass is 412 g/mol. The first kappa shape index (κ1) is 22.3. The molecule has 0 radical (unpaired) electrons. The van der Waals surface area contributed by atoms with E-state index in [4.69, 9.17) is 0 Å². The summed E-state index contributed by atoms with van der Waals surface area (Å²) in [4.78, 5) is 0. The van der Waals surface area contributed by atoms with Gasteiger partial charge in [0.15, 0.2) is 0 Å². The first-order valence-electron chi connectivity index (χ1n) is 7.65. The zero-order chi connectivity index (χ0) is 14.2. The third kappa shape index (κ3) is 6.42. The maximum Gasteiger partial charge on any atom is -1.00 e. The summed E-state index contributed by atoms with van der Waals surface area (Å²) in [5, 5.41) is 0. The van der Waals surface area contributed by atoms with E-state index in [2.05, 4.69) is 65.7 Å². The fraction of sp³-hybridized carbons (Fsp3) is 0.421. The molecule has 4 aliphatic carbocycles. The first-order chi connectivity index (χ1) is 9.93. The maximum atomic E-state index is 3.34. The summed E-state index contributed by atoms with van der Waals surface area (Å²) >= 11 is 1.30. The average molecular weight is 415 g/mol. The number of rotatable bonds is 0. The Balaban J connectivity index is 0.000000334. The molecule has 2 fully saturated rings. The molecule has 0 heterocycles. The minimum absolute atomic E-state index is 0. The number of hydrogen-bond acceptors (Lipinski definition) is 0. The van der Waals surface area contributed by atoms with E-state index in [0.717, 1.165) is 23.7 Å². The molecule has 0 aromatic rings. The average Bonchev–Trinajstić information content (AvgIpc) is 3.18. The normalized spacial score (nSPS) is 32.3. The van der Waals surface area contributed by atoms with Gasteiger partial charge >= 0.3 is 28.4 Å². The maximum absolute atomic E-state index is 3.34. The second-order valence-corrected chi connectivity index (χ2v) is 5.65. The van der Waals surface area contributed by atoms with Gasteiger partial charge in [-0.15, -0.1) is 24.0 Å². The summed E-state index contributed by atoms with van der Waals surface area (Å²) in [6.07, 6.45) is 28.1. The molecule has 4 rings (SSSR count). The topological polar surface area (TPSA) is 0 Å². The van der Waals surface area contributed by atoms with E-state index < -0.39 is 0 Å². The summed E-state index contributed by atoms with van der Waals surface area (Å²) in [7, 11) is 0. The van der Waals surface area contributed by atoms with Crippen LogP contribution in [-0.4, -0.2) is 4.21 Å². The van der Waals surface area contributed by atoms with Gasteiger partial charge in [-0.25, -0.2) is 0 Å². The van der Waals surface area contributed by atoms with Crippen LogP contribution in [0.2, 0.25) is 0 Å². The molecule has 0 nitrogen and oxygen atoms in total. The molecule has 0 aromatic heterocycles. The second kappa shape index (κ2) is 12.7. The van der Waals surface area contributed by atoms with Gasteiger partial charge < -0.3 is 37.7 Å². The van der Waals surface area contributed by atoms with Gasteiger partial charge in [-0.1, -0.05) is 49.3 Å². The predicted molar refractivity (Wildman–Crippen MR) is 84.7 cm³/mol. The molecule has 0 bridgehead atoms. The molecule has 0 N–H and O–H groups in total. The van der Waals surface area contributed by atoms with Crippen LogP contribution in [0.4, 0.5) is 0 Å². The molecule has 0 aromatic carbocycles. The Morgan fingerprint density at radius 3 is 1.41 bits per heavy atom. The molecule has 22 heavy (non-hydrogen) atoms. The standard InChI is InChI=1S/2C9H11.CH2.2ClH.Zr/c2*1-2-5-9-7-3-6-8(9)4-1;;;;/h2*1-2,4-6,8-9H,3,7H2;1H2;2*1H;/q2*-1;;;;+2/p-2. The van der Waals surface area contributed by atoms with Gasteiger partial charge in [-0.3, -0.25) is 0 Å². The van der Waals surface area contributed by atoms with Gasteiger partial charge in [0.2, 0.25) is 0 Å². The van der Waals surface area contributed by atoms with Gasteiger partial charge in [0, 0.05) is 0 Å². The largest absolute Gasteiger partial charge is 1.00 e. The Morgan fingerprint density at radius 1 is 0.682 bits per heavy atom. The molecule has 0 saturated heterocycles. The first-order valence-corrected chi connectivity index (χ1v) is 9.39. The number of hydrogen-bond donors (Lipinski definition) is 0. The zero-order valence-corrected chi connectivity index (χ0v) is 16.8. The van der Waals surface area contributed by atoms with E-state index in [0.29, 0.717) is 0 Å². The van der Waals surface area contributed by atoms with Crippen LogP contribution in [0.15, 0.2) is 48.6 Å². The predicted octanol–water partition coefficient (Wildman–Crippen LogP) is -1.34. The molecule has 3 heteroatoms. The number of allylic oxidation sites excluding steroid dienone is 8. The van der Waals surface area contributed by atoms with Gasteiger partial charge in [0.25, 0.3) is 0 Å². The van der Waals surface area contributed by atoms with Crippen molar-refractivity contribution in [1.82, 2.24) is 0 Å². The van der Waals surface area contributed by atoms with E-state index in [1.807, 2.05) is 0 Å². The fourth-order valence-corrected chi connectivity index (χ4v) is 3.39. The fourth-order valence-electron chi connectivity index (χ4n) is 3.39. The van der Waals surface area contributed by atoms with E-state index in [1.54, 1.807) is 0 Å². The van der Waals surface area contributed by atoms with Crippen molar-refractivity contribution in [2.45, 2.75) is 25.7 Å². The third-order valence-corrected chi connectivity index (χ3v) is 4.47. The van der Waals surface area contributed by atoms with Crippen LogP contribution >= 0.6 is 0 Å². The van der Waals surface area contributed by atoms with Crippen LogP contribution in [0.3, 0.4) is 0 Å². The van der Waals surface area contributed by atoms with E-state index in [1.165, 1.54) is 49.9 Å². The van der Waals surface area contributed by atoms with Crippen LogP contribution in [0.25, 0.3) is 0 Å². The molecule has 4 atom stereocenters. The molecular formula is C19H24Cl2Zr-2. The van der Waals surface area contributed by atoms with Crippen molar-refractivity contribution in [2.75, 3.05) is 0 Å². The van der Waals surface area contributed by atoms with Crippen molar-refractivity contribution in [1.29, 1.82) is 0 Å². The van der Waals surface area contributed by atoms with Crippen molar-refractivity contribution in [3.8, 4) is 0 Å². The molecule has 0 spiro atoms. The van der Waals surface area contributed by atoms with Gasteiger partial charge in [-0.05, 0) is 11.8 Å². The molecule has 4 aliphatic rings. The van der Waals surface area contributed by atoms with Crippen molar-refractivity contribution in [2.24, 2.45) is 23.7 Å². The van der Waals surface area contributed by atoms with Crippen molar-refractivity contribution in [3.63, 3.8) is 0 Å². The Hall–Kier alpha value is 0.293. The molecule has 0 amide bonds. The van der Waals surface area contributed by atoms with Gasteiger partial charge in [-0.2, -0.15) is 12.8 Å².